The summed E-state index contributed by atoms with van der Waals surface area (Å²) in [7, 11) is 0. The van der Waals surface area contributed by atoms with Gasteiger partial charge in [0.1, 0.15) is 11.5 Å². The number of hydrogen-bond acceptors (Lipinski definition) is 2. The quantitative estimate of drug-likeness (QED) is 0.0520. The first-order chi connectivity index (χ1) is 36.8. The summed E-state index contributed by atoms with van der Waals surface area (Å²) in [5.74, 6) is 0.485. The Morgan fingerprint density at radius 2 is 0.494 bits per heavy atom. The molecule has 2 aromatic rings. The third-order valence-electron chi connectivity index (χ3n) is 15.2. The largest absolute Gasteiger partial charge is 0.507 e. The fourth-order valence-electron chi connectivity index (χ4n) is 9.66. The van der Waals surface area contributed by atoms with Gasteiger partial charge in [0.2, 0.25) is 0 Å². The van der Waals surface area contributed by atoms with E-state index in [1.54, 1.807) is 6.07 Å². The molecule has 424 valence electrons. The molecule has 0 saturated carbocycles. The second-order valence-electron chi connectivity index (χ2n) is 23.5. The highest BCUT2D eigenvalue weighted by atomic mass is 16.3. The molecule has 2 heteroatoms. The standard InChI is InChI=1S/C75H112O2/c1-58(2)29-17-30-59(3)31-18-32-60(4)33-19-34-61(5)35-20-36-62(6)37-21-38-63(7)39-22-40-64(8)41-23-42-65(9)43-24-44-66(10)45-25-46-67(11)47-26-48-68(12)49-27-50-69(13)51-28-52-70(14)55-56-71-57-74(76)72-53-15-16-54-73(72)75(71)77/h15-16,29,31,33,35,37,39,41,43,45,47,49,51,53-55,57,76-77H,17-28,30,32,34,36,38,40,42,44,46,48,50,52,56H2,1-14H3/b59-31+,60-33+,61-35+,62-37+,63-39+,64-41+,65-43+,66-45+,67-47+,68-49+,69-51+,70-55+. The molecule has 0 atom stereocenters. The van der Waals surface area contributed by atoms with E-state index in [9.17, 15) is 10.2 Å². The predicted octanol–water partition coefficient (Wildman–Crippen LogP) is 24.5. The normalized spacial score (nSPS) is 14.6. The van der Waals surface area contributed by atoms with Crippen molar-refractivity contribution >= 4 is 10.8 Å². The van der Waals surface area contributed by atoms with Crippen molar-refractivity contribution in [3.8, 4) is 11.5 Å². The van der Waals surface area contributed by atoms with E-state index < -0.39 is 0 Å². The average Bonchev–Trinajstić information content (AvgIpc) is 3.37. The third-order valence-corrected chi connectivity index (χ3v) is 15.2. The summed E-state index contributed by atoms with van der Waals surface area (Å²) < 4.78 is 0. The summed E-state index contributed by atoms with van der Waals surface area (Å²) in [5, 5.41) is 22.6. The average molecular weight is 1050 g/mol. The Morgan fingerprint density at radius 1 is 0.286 bits per heavy atom. The van der Waals surface area contributed by atoms with Gasteiger partial charge in [-0.3, -0.25) is 0 Å². The van der Waals surface area contributed by atoms with Crippen LogP contribution in [0.4, 0.5) is 0 Å². The second-order valence-corrected chi connectivity index (χ2v) is 23.5. The fraction of sp³-hybridized carbons (Fsp3) is 0.520. The Bertz CT molecular complexity index is 2480. The van der Waals surface area contributed by atoms with Crippen molar-refractivity contribution in [2.75, 3.05) is 0 Å². The number of hydrogen-bond donors (Lipinski definition) is 2. The first-order valence-corrected chi connectivity index (χ1v) is 30.3. The molecular weight excluding hydrogens is 933 g/mol. The first-order valence-electron chi connectivity index (χ1n) is 30.3. The molecule has 0 aromatic heterocycles. The molecular formula is C75H112O2. The van der Waals surface area contributed by atoms with E-state index in [-0.39, 0.29) is 11.5 Å². The minimum Gasteiger partial charge on any atom is -0.507 e. The van der Waals surface area contributed by atoms with E-state index >= 15 is 0 Å². The lowest BCUT2D eigenvalue weighted by Gasteiger charge is -2.09. The number of allylic oxidation sites excluding steroid dienone is 26. The summed E-state index contributed by atoms with van der Waals surface area (Å²) in [5.41, 5.74) is 20.1. The minimum atomic E-state index is 0.220. The zero-order valence-electron chi connectivity index (χ0n) is 52.0. The molecule has 0 spiro atoms. The molecule has 0 aliphatic carbocycles. The van der Waals surface area contributed by atoms with Crippen molar-refractivity contribution in [3.05, 3.63) is 187 Å². The van der Waals surface area contributed by atoms with Gasteiger partial charge >= 0.3 is 0 Å². The lowest BCUT2D eigenvalue weighted by atomic mass is 10.00. The number of fused-ring (bicyclic) bond motifs is 1. The van der Waals surface area contributed by atoms with Crippen LogP contribution in [0, 0.1) is 0 Å². The molecule has 0 heterocycles. The second kappa shape index (κ2) is 41.0. The minimum absolute atomic E-state index is 0.220. The number of benzene rings is 2. The maximum Gasteiger partial charge on any atom is 0.127 e. The van der Waals surface area contributed by atoms with Gasteiger partial charge in [0.05, 0.1) is 0 Å². The van der Waals surface area contributed by atoms with Crippen LogP contribution in [0.5, 0.6) is 11.5 Å². The molecule has 2 N–H and O–H groups in total. The Morgan fingerprint density at radius 3 is 0.727 bits per heavy atom. The van der Waals surface area contributed by atoms with Gasteiger partial charge in [-0.05, 0) is 264 Å². The highest BCUT2D eigenvalue weighted by Gasteiger charge is 2.10. The maximum atomic E-state index is 10.7. The fourth-order valence-corrected chi connectivity index (χ4v) is 9.66. The van der Waals surface area contributed by atoms with E-state index in [4.69, 9.17) is 0 Å². The van der Waals surface area contributed by atoms with Gasteiger partial charge in [-0.25, -0.2) is 0 Å². The summed E-state index contributed by atoms with van der Waals surface area (Å²) >= 11 is 0. The lowest BCUT2D eigenvalue weighted by molar-refractivity contribution is 0.465. The van der Waals surface area contributed by atoms with Crippen molar-refractivity contribution in [1.29, 1.82) is 0 Å². The van der Waals surface area contributed by atoms with Gasteiger partial charge in [-0.1, -0.05) is 176 Å². The number of aromatic hydroxyl groups is 2. The van der Waals surface area contributed by atoms with Gasteiger partial charge in [0.15, 0.2) is 0 Å². The van der Waals surface area contributed by atoms with E-state index in [1.165, 1.54) is 111 Å². The highest BCUT2D eigenvalue weighted by molar-refractivity contribution is 5.94. The van der Waals surface area contributed by atoms with Crippen molar-refractivity contribution in [3.63, 3.8) is 0 Å². The van der Waals surface area contributed by atoms with E-state index in [2.05, 4.69) is 176 Å². The Hall–Kier alpha value is -5.08. The van der Waals surface area contributed by atoms with Gasteiger partial charge in [0, 0.05) is 16.3 Å². The number of phenols is 2. The van der Waals surface area contributed by atoms with Crippen molar-refractivity contribution in [2.45, 2.75) is 257 Å². The number of rotatable bonds is 38. The van der Waals surface area contributed by atoms with Gasteiger partial charge in [-0.15, -0.1) is 0 Å². The molecule has 0 aliphatic heterocycles. The molecule has 2 aromatic carbocycles. The maximum absolute atomic E-state index is 10.7. The molecule has 0 aliphatic rings. The van der Waals surface area contributed by atoms with Crippen molar-refractivity contribution < 1.29 is 10.2 Å². The Labute approximate surface area is 474 Å². The van der Waals surface area contributed by atoms with Gasteiger partial charge < -0.3 is 10.2 Å². The van der Waals surface area contributed by atoms with Crippen LogP contribution in [0.15, 0.2) is 182 Å². The summed E-state index contributed by atoms with van der Waals surface area (Å²) in [4.78, 5) is 0. The third kappa shape index (κ3) is 34.4. The molecule has 0 bridgehead atoms. The smallest absolute Gasteiger partial charge is 0.127 e. The zero-order chi connectivity index (χ0) is 56.8. The van der Waals surface area contributed by atoms with Crippen molar-refractivity contribution in [2.24, 2.45) is 0 Å². The first kappa shape index (κ1) is 68.0. The molecule has 2 nitrogen and oxygen atoms in total. The number of phenolic OH excluding ortho intramolecular Hbond substituents is 2. The van der Waals surface area contributed by atoms with Gasteiger partial charge in [-0.2, -0.15) is 0 Å². The SMILES string of the molecule is CC(C)=CCC/C(C)=C/CC/C(C)=C/CC/C(C)=C/CC/C(C)=C/CC/C(C)=C/CC/C(C)=C/CC/C(C)=C/CC/C(C)=C/CC/C(C)=C/CC/C(C)=C/CC/C(C)=C/CC/C(C)=C/Cc1cc(O)c2ccccc2c1O. The van der Waals surface area contributed by atoms with Crippen LogP contribution in [0.25, 0.3) is 10.8 Å². The zero-order valence-corrected chi connectivity index (χ0v) is 52.0. The summed E-state index contributed by atoms with van der Waals surface area (Å²) in [6.07, 6.45) is 59.4. The van der Waals surface area contributed by atoms with Crippen LogP contribution in [0.1, 0.15) is 257 Å². The Kier molecular flexibility index (Phi) is 36.3. The van der Waals surface area contributed by atoms with Crippen LogP contribution in [0.3, 0.4) is 0 Å². The molecule has 0 unspecified atom stereocenters. The molecule has 0 fully saturated rings. The van der Waals surface area contributed by atoms with Gasteiger partial charge in [0.25, 0.3) is 0 Å². The lowest BCUT2D eigenvalue weighted by Crippen LogP contribution is -1.88. The van der Waals surface area contributed by atoms with E-state index in [0.717, 1.165) is 121 Å². The summed E-state index contributed by atoms with van der Waals surface area (Å²) in [6.45, 7) is 31.8. The molecule has 0 amide bonds. The monoisotopic (exact) mass is 1040 g/mol. The van der Waals surface area contributed by atoms with Crippen LogP contribution in [-0.2, 0) is 6.42 Å². The molecule has 2 rings (SSSR count). The Balaban J connectivity index is 1.55. The topological polar surface area (TPSA) is 40.5 Å². The highest BCUT2D eigenvalue weighted by Crippen LogP contribution is 2.36. The van der Waals surface area contributed by atoms with Crippen LogP contribution in [-0.4, -0.2) is 10.2 Å². The molecule has 0 radical (unpaired) electrons. The molecule has 0 saturated heterocycles. The summed E-state index contributed by atoms with van der Waals surface area (Å²) in [6, 6.07) is 9.15. The van der Waals surface area contributed by atoms with E-state index in [0.29, 0.717) is 17.2 Å². The van der Waals surface area contributed by atoms with Crippen molar-refractivity contribution in [1.82, 2.24) is 0 Å². The van der Waals surface area contributed by atoms with Crippen LogP contribution < -0.4 is 0 Å². The van der Waals surface area contributed by atoms with E-state index in [1.807, 2.05) is 24.3 Å². The molecule has 77 heavy (non-hydrogen) atoms. The van der Waals surface area contributed by atoms with Crippen LogP contribution in [0.2, 0.25) is 0 Å². The van der Waals surface area contributed by atoms with Crippen LogP contribution >= 0.6 is 0 Å². The predicted molar refractivity (Wildman–Crippen MR) is 346 cm³/mol.